The normalized spacial score (nSPS) is 11.2. The molecule has 0 aliphatic carbocycles. The largest absolute Gasteiger partial charge is 0.457 e. The molecule has 0 atom stereocenters. The lowest BCUT2D eigenvalue weighted by atomic mass is 10.1. The lowest BCUT2D eigenvalue weighted by Gasteiger charge is -2.11. The predicted octanol–water partition coefficient (Wildman–Crippen LogP) is 3.15. The number of aliphatic imine (C=N–C) groups is 1. The second-order valence-electron chi connectivity index (χ2n) is 6.84. The van der Waals surface area contributed by atoms with Crippen molar-refractivity contribution in [2.24, 2.45) is 4.99 Å². The summed E-state index contributed by atoms with van der Waals surface area (Å²) >= 11 is 0. The molecule has 0 aliphatic rings. The van der Waals surface area contributed by atoms with Gasteiger partial charge in [-0.05, 0) is 36.6 Å². The summed E-state index contributed by atoms with van der Waals surface area (Å²) in [5.74, 6) is 0.393. The van der Waals surface area contributed by atoms with E-state index in [0.29, 0.717) is 31.9 Å². The van der Waals surface area contributed by atoms with Gasteiger partial charge in [0.25, 0.3) is 0 Å². The number of carbonyl (C=O) groups excluding carboxylic acids is 1. The van der Waals surface area contributed by atoms with E-state index in [0.717, 1.165) is 36.6 Å². The molecule has 0 bridgehead atoms. The maximum Gasteiger partial charge on any atom is 0.338 e. The second kappa shape index (κ2) is 15.0. The van der Waals surface area contributed by atoms with Gasteiger partial charge in [0.15, 0.2) is 5.96 Å². The lowest BCUT2D eigenvalue weighted by Crippen LogP contribution is -2.38. The Morgan fingerprint density at radius 1 is 0.968 bits per heavy atom. The maximum absolute atomic E-state index is 12.4. The van der Waals surface area contributed by atoms with E-state index < -0.39 is 0 Å². The quantitative estimate of drug-likeness (QED) is 0.221. The summed E-state index contributed by atoms with van der Waals surface area (Å²) in [6, 6.07) is 17.0. The average molecular weight is 428 g/mol. The molecular formula is C24H33N3O4. The number of guanidine groups is 1. The van der Waals surface area contributed by atoms with Crippen LogP contribution in [0, 0.1) is 0 Å². The van der Waals surface area contributed by atoms with Crippen LogP contribution in [0.3, 0.4) is 0 Å². The molecular weight excluding hydrogens is 394 g/mol. The first-order chi connectivity index (χ1) is 15.2. The SMILES string of the molecule is CCNC(=NCc1cccc(C(=O)OCc2ccccc2)c1)NCCCOCCOC. The van der Waals surface area contributed by atoms with E-state index in [9.17, 15) is 4.79 Å². The van der Waals surface area contributed by atoms with Crippen LogP contribution in [0.2, 0.25) is 0 Å². The lowest BCUT2D eigenvalue weighted by molar-refractivity contribution is 0.0472. The molecule has 7 heteroatoms. The minimum absolute atomic E-state index is 0.256. The van der Waals surface area contributed by atoms with Crippen molar-refractivity contribution in [3.05, 3.63) is 71.3 Å². The molecule has 2 aromatic carbocycles. The van der Waals surface area contributed by atoms with Crippen LogP contribution in [0.5, 0.6) is 0 Å². The van der Waals surface area contributed by atoms with E-state index in [1.807, 2.05) is 55.5 Å². The summed E-state index contributed by atoms with van der Waals surface area (Å²) < 4.78 is 15.8. The molecule has 0 unspecified atom stereocenters. The number of carbonyl (C=O) groups is 1. The van der Waals surface area contributed by atoms with Gasteiger partial charge >= 0.3 is 5.97 Å². The predicted molar refractivity (Wildman–Crippen MR) is 122 cm³/mol. The summed E-state index contributed by atoms with van der Waals surface area (Å²) in [4.78, 5) is 17.0. The number of hydrogen-bond donors (Lipinski definition) is 2. The molecule has 0 saturated heterocycles. The number of hydrogen-bond acceptors (Lipinski definition) is 5. The molecule has 0 spiro atoms. The van der Waals surface area contributed by atoms with E-state index in [1.165, 1.54) is 0 Å². The first kappa shape index (κ1) is 24.4. The third-order valence-electron chi connectivity index (χ3n) is 4.33. The minimum atomic E-state index is -0.340. The van der Waals surface area contributed by atoms with Gasteiger partial charge in [0.2, 0.25) is 0 Å². The Morgan fingerprint density at radius 3 is 2.55 bits per heavy atom. The summed E-state index contributed by atoms with van der Waals surface area (Å²) in [6.07, 6.45) is 0.872. The molecule has 0 amide bonds. The van der Waals surface area contributed by atoms with Crippen LogP contribution in [0.15, 0.2) is 59.6 Å². The van der Waals surface area contributed by atoms with Gasteiger partial charge in [-0.1, -0.05) is 42.5 Å². The first-order valence-electron chi connectivity index (χ1n) is 10.6. The number of methoxy groups -OCH3 is 1. The zero-order valence-corrected chi connectivity index (χ0v) is 18.4. The molecule has 168 valence electrons. The molecule has 0 aliphatic heterocycles. The Kier molecular flexibility index (Phi) is 11.8. The standard InChI is InChI=1S/C24H33N3O4/c1-3-25-24(26-13-8-14-30-16-15-29-2)27-18-21-11-7-12-22(17-21)23(28)31-19-20-9-5-4-6-10-20/h4-7,9-12,17H,3,8,13-16,18-19H2,1-2H3,(H2,25,26,27). The first-order valence-corrected chi connectivity index (χ1v) is 10.6. The van der Waals surface area contributed by atoms with Crippen molar-refractivity contribution in [2.45, 2.75) is 26.5 Å². The number of ether oxygens (including phenoxy) is 3. The van der Waals surface area contributed by atoms with Crippen molar-refractivity contribution < 1.29 is 19.0 Å². The molecule has 0 fully saturated rings. The van der Waals surface area contributed by atoms with Crippen LogP contribution in [-0.2, 0) is 27.4 Å². The summed E-state index contributed by atoms with van der Waals surface area (Å²) in [6.45, 7) is 6.14. The van der Waals surface area contributed by atoms with E-state index >= 15 is 0 Å². The van der Waals surface area contributed by atoms with Gasteiger partial charge in [-0.15, -0.1) is 0 Å². The number of nitrogens with one attached hydrogen (secondary N) is 2. The van der Waals surface area contributed by atoms with Crippen molar-refractivity contribution >= 4 is 11.9 Å². The Labute approximate surface area is 184 Å². The summed E-state index contributed by atoms with van der Waals surface area (Å²) in [5, 5.41) is 6.52. The monoisotopic (exact) mass is 427 g/mol. The molecule has 7 nitrogen and oxygen atoms in total. The van der Waals surface area contributed by atoms with Crippen molar-refractivity contribution in [3.8, 4) is 0 Å². The van der Waals surface area contributed by atoms with Crippen molar-refractivity contribution in [3.63, 3.8) is 0 Å². The van der Waals surface area contributed by atoms with E-state index in [-0.39, 0.29) is 12.6 Å². The Bertz CT molecular complexity index is 796. The Balaban J connectivity index is 1.82. The van der Waals surface area contributed by atoms with E-state index in [4.69, 9.17) is 14.2 Å². The fraction of sp³-hybridized carbons (Fsp3) is 0.417. The van der Waals surface area contributed by atoms with Crippen LogP contribution >= 0.6 is 0 Å². The summed E-state index contributed by atoms with van der Waals surface area (Å²) in [7, 11) is 1.66. The van der Waals surface area contributed by atoms with Gasteiger partial charge in [-0.3, -0.25) is 0 Å². The molecule has 2 rings (SSSR count). The minimum Gasteiger partial charge on any atom is -0.457 e. The molecule has 0 aromatic heterocycles. The summed E-state index contributed by atoms with van der Waals surface area (Å²) in [5.41, 5.74) is 2.42. The molecule has 31 heavy (non-hydrogen) atoms. The van der Waals surface area contributed by atoms with Crippen molar-refractivity contribution in [2.75, 3.05) is 40.0 Å². The molecule has 0 heterocycles. The Hall–Kier alpha value is -2.90. The van der Waals surface area contributed by atoms with Crippen molar-refractivity contribution in [1.82, 2.24) is 10.6 Å². The van der Waals surface area contributed by atoms with Gasteiger partial charge in [0, 0.05) is 26.8 Å². The van der Waals surface area contributed by atoms with Crippen LogP contribution in [0.4, 0.5) is 0 Å². The molecule has 0 saturated carbocycles. The third kappa shape index (κ3) is 10.1. The molecule has 0 radical (unpaired) electrons. The van der Waals surface area contributed by atoms with Crippen LogP contribution in [-0.4, -0.2) is 51.9 Å². The van der Waals surface area contributed by atoms with Gasteiger partial charge in [-0.2, -0.15) is 0 Å². The van der Waals surface area contributed by atoms with Gasteiger partial charge in [0.05, 0.1) is 25.3 Å². The van der Waals surface area contributed by atoms with Crippen LogP contribution in [0.25, 0.3) is 0 Å². The average Bonchev–Trinajstić information content (AvgIpc) is 2.81. The van der Waals surface area contributed by atoms with Crippen LogP contribution in [0.1, 0.15) is 34.8 Å². The number of esters is 1. The molecule has 2 aromatic rings. The number of rotatable bonds is 13. The highest BCUT2D eigenvalue weighted by atomic mass is 16.5. The van der Waals surface area contributed by atoms with Crippen molar-refractivity contribution in [1.29, 1.82) is 0 Å². The highest BCUT2D eigenvalue weighted by Gasteiger charge is 2.08. The highest BCUT2D eigenvalue weighted by Crippen LogP contribution is 2.10. The van der Waals surface area contributed by atoms with Crippen LogP contribution < -0.4 is 10.6 Å². The number of benzene rings is 2. The topological polar surface area (TPSA) is 81.2 Å². The van der Waals surface area contributed by atoms with Gasteiger partial charge in [0.1, 0.15) is 6.61 Å². The molecule has 2 N–H and O–H groups in total. The zero-order valence-electron chi connectivity index (χ0n) is 18.4. The third-order valence-corrected chi connectivity index (χ3v) is 4.33. The second-order valence-corrected chi connectivity index (χ2v) is 6.84. The highest BCUT2D eigenvalue weighted by molar-refractivity contribution is 5.89. The maximum atomic E-state index is 12.4. The van der Waals surface area contributed by atoms with E-state index in [2.05, 4.69) is 15.6 Å². The number of nitrogens with zero attached hydrogens (tertiary/aromatic N) is 1. The Morgan fingerprint density at radius 2 is 1.77 bits per heavy atom. The fourth-order valence-corrected chi connectivity index (χ4v) is 2.74. The van der Waals surface area contributed by atoms with Gasteiger partial charge in [-0.25, -0.2) is 9.79 Å². The fourth-order valence-electron chi connectivity index (χ4n) is 2.74. The van der Waals surface area contributed by atoms with E-state index in [1.54, 1.807) is 13.2 Å². The van der Waals surface area contributed by atoms with Gasteiger partial charge < -0.3 is 24.8 Å². The zero-order chi connectivity index (χ0) is 22.2. The smallest absolute Gasteiger partial charge is 0.338 e.